The molecule has 106 valence electrons. The minimum Gasteiger partial charge on any atom is -0.493 e. The summed E-state index contributed by atoms with van der Waals surface area (Å²) in [6.07, 6.45) is 3.03. The Morgan fingerprint density at radius 2 is 1.89 bits per heavy atom. The van der Waals surface area contributed by atoms with E-state index in [9.17, 15) is 5.11 Å². The summed E-state index contributed by atoms with van der Waals surface area (Å²) in [6.45, 7) is 4.49. The summed E-state index contributed by atoms with van der Waals surface area (Å²) in [5.41, 5.74) is 1.12. The van der Waals surface area contributed by atoms with Gasteiger partial charge in [-0.15, -0.1) is 0 Å². The highest BCUT2D eigenvalue weighted by Gasteiger charge is 2.39. The van der Waals surface area contributed by atoms with Crippen LogP contribution in [0.2, 0.25) is 0 Å². The third-order valence-electron chi connectivity index (χ3n) is 4.47. The third kappa shape index (κ3) is 2.71. The van der Waals surface area contributed by atoms with Gasteiger partial charge in [0.05, 0.1) is 20.3 Å². The summed E-state index contributed by atoms with van der Waals surface area (Å²) >= 11 is 0. The Labute approximate surface area is 115 Å². The Kier molecular flexibility index (Phi) is 4.04. The highest BCUT2D eigenvalue weighted by molar-refractivity contribution is 5.43. The molecular formula is C16H24O3. The highest BCUT2D eigenvalue weighted by Crippen LogP contribution is 2.49. The molecule has 19 heavy (non-hydrogen) atoms. The molecule has 0 spiro atoms. The molecule has 0 aliphatic heterocycles. The zero-order valence-electron chi connectivity index (χ0n) is 12.3. The molecule has 1 aromatic rings. The van der Waals surface area contributed by atoms with Crippen molar-refractivity contribution in [2.24, 2.45) is 11.3 Å². The Bertz CT molecular complexity index is 440. The van der Waals surface area contributed by atoms with Gasteiger partial charge >= 0.3 is 0 Å². The van der Waals surface area contributed by atoms with E-state index in [-0.39, 0.29) is 5.41 Å². The van der Waals surface area contributed by atoms with Crippen molar-refractivity contribution in [3.05, 3.63) is 23.8 Å². The standard InChI is InChI=1S/C16H24O3/c1-16(2)9-5-6-12(16)15(17)11-7-8-13(18-3)14(10-11)19-4/h7-8,10,12,15,17H,5-6,9H2,1-4H3. The van der Waals surface area contributed by atoms with Gasteiger partial charge in [0.1, 0.15) is 0 Å². The summed E-state index contributed by atoms with van der Waals surface area (Å²) in [5.74, 6) is 1.68. The Hall–Kier alpha value is -1.22. The van der Waals surface area contributed by atoms with Crippen molar-refractivity contribution in [2.75, 3.05) is 14.2 Å². The topological polar surface area (TPSA) is 38.7 Å². The van der Waals surface area contributed by atoms with E-state index < -0.39 is 6.10 Å². The molecular weight excluding hydrogens is 240 g/mol. The summed E-state index contributed by atoms with van der Waals surface area (Å²) < 4.78 is 10.5. The van der Waals surface area contributed by atoms with E-state index in [2.05, 4.69) is 13.8 Å². The molecule has 2 atom stereocenters. The number of benzene rings is 1. The van der Waals surface area contributed by atoms with Crippen molar-refractivity contribution in [2.45, 2.75) is 39.2 Å². The van der Waals surface area contributed by atoms with Crippen LogP contribution in [-0.4, -0.2) is 19.3 Å². The van der Waals surface area contributed by atoms with E-state index in [1.54, 1.807) is 14.2 Å². The summed E-state index contributed by atoms with van der Waals surface area (Å²) in [7, 11) is 3.24. The average Bonchev–Trinajstić information content (AvgIpc) is 2.76. The average molecular weight is 264 g/mol. The summed E-state index contributed by atoms with van der Waals surface area (Å²) in [6, 6.07) is 5.68. The second-order valence-electron chi connectivity index (χ2n) is 6.05. The van der Waals surface area contributed by atoms with Crippen LogP contribution < -0.4 is 9.47 Å². The molecule has 1 N–H and O–H groups in total. The minimum atomic E-state index is -0.433. The fourth-order valence-electron chi connectivity index (χ4n) is 3.21. The normalized spacial score (nSPS) is 23.1. The number of aliphatic hydroxyl groups is 1. The molecule has 1 aromatic carbocycles. The molecule has 0 radical (unpaired) electrons. The fourth-order valence-corrected chi connectivity index (χ4v) is 3.21. The number of ether oxygens (including phenoxy) is 2. The zero-order chi connectivity index (χ0) is 14.0. The van der Waals surface area contributed by atoms with Crippen molar-refractivity contribution in [3.8, 4) is 11.5 Å². The van der Waals surface area contributed by atoms with Crippen LogP contribution in [0.5, 0.6) is 11.5 Å². The van der Waals surface area contributed by atoms with Gasteiger partial charge in [0.15, 0.2) is 11.5 Å². The van der Waals surface area contributed by atoms with E-state index in [0.717, 1.165) is 12.0 Å². The zero-order valence-corrected chi connectivity index (χ0v) is 12.3. The van der Waals surface area contributed by atoms with Crippen molar-refractivity contribution < 1.29 is 14.6 Å². The largest absolute Gasteiger partial charge is 0.493 e. The van der Waals surface area contributed by atoms with E-state index in [4.69, 9.17) is 9.47 Å². The lowest BCUT2D eigenvalue weighted by Gasteiger charge is -2.31. The van der Waals surface area contributed by atoms with Crippen LogP contribution in [0.15, 0.2) is 18.2 Å². The lowest BCUT2D eigenvalue weighted by Crippen LogP contribution is -2.24. The first-order chi connectivity index (χ1) is 8.99. The van der Waals surface area contributed by atoms with E-state index in [1.165, 1.54) is 12.8 Å². The molecule has 3 nitrogen and oxygen atoms in total. The van der Waals surface area contributed by atoms with Crippen LogP contribution in [0.1, 0.15) is 44.8 Å². The SMILES string of the molecule is COc1ccc(C(O)C2CCCC2(C)C)cc1OC. The molecule has 2 rings (SSSR count). The number of hydrogen-bond acceptors (Lipinski definition) is 3. The summed E-state index contributed by atoms with van der Waals surface area (Å²) in [4.78, 5) is 0. The Morgan fingerprint density at radius 1 is 1.21 bits per heavy atom. The lowest BCUT2D eigenvalue weighted by molar-refractivity contribution is 0.0529. The second-order valence-corrected chi connectivity index (χ2v) is 6.05. The van der Waals surface area contributed by atoms with Crippen LogP contribution in [0.3, 0.4) is 0 Å². The van der Waals surface area contributed by atoms with Crippen LogP contribution in [-0.2, 0) is 0 Å². The number of rotatable bonds is 4. The van der Waals surface area contributed by atoms with Gasteiger partial charge in [-0.1, -0.05) is 26.3 Å². The maximum absolute atomic E-state index is 10.6. The van der Waals surface area contributed by atoms with Gasteiger partial charge in [-0.2, -0.15) is 0 Å². The maximum Gasteiger partial charge on any atom is 0.161 e. The molecule has 1 aliphatic rings. The predicted molar refractivity (Wildman–Crippen MR) is 75.6 cm³/mol. The molecule has 1 saturated carbocycles. The van der Waals surface area contributed by atoms with Gasteiger partial charge in [0, 0.05) is 0 Å². The van der Waals surface area contributed by atoms with Crippen LogP contribution in [0.25, 0.3) is 0 Å². The minimum absolute atomic E-state index is 0.201. The Balaban J connectivity index is 2.26. The van der Waals surface area contributed by atoms with E-state index >= 15 is 0 Å². The van der Waals surface area contributed by atoms with Gasteiger partial charge < -0.3 is 14.6 Å². The monoisotopic (exact) mass is 264 g/mol. The number of hydrogen-bond donors (Lipinski definition) is 1. The summed E-state index contributed by atoms with van der Waals surface area (Å²) in [5, 5.41) is 10.6. The van der Waals surface area contributed by atoms with Gasteiger partial charge in [0.2, 0.25) is 0 Å². The van der Waals surface area contributed by atoms with Crippen LogP contribution in [0.4, 0.5) is 0 Å². The first kappa shape index (κ1) is 14.2. The Morgan fingerprint density at radius 3 is 2.42 bits per heavy atom. The van der Waals surface area contributed by atoms with E-state index in [1.807, 2.05) is 18.2 Å². The molecule has 0 heterocycles. The van der Waals surface area contributed by atoms with Crippen molar-refractivity contribution in [3.63, 3.8) is 0 Å². The maximum atomic E-state index is 10.6. The third-order valence-corrected chi connectivity index (χ3v) is 4.47. The second kappa shape index (κ2) is 5.41. The number of aliphatic hydroxyl groups excluding tert-OH is 1. The highest BCUT2D eigenvalue weighted by atomic mass is 16.5. The van der Waals surface area contributed by atoms with Crippen LogP contribution >= 0.6 is 0 Å². The van der Waals surface area contributed by atoms with Crippen molar-refractivity contribution in [1.82, 2.24) is 0 Å². The molecule has 3 heteroatoms. The van der Waals surface area contributed by atoms with Crippen molar-refractivity contribution in [1.29, 1.82) is 0 Å². The molecule has 0 bridgehead atoms. The predicted octanol–water partition coefficient (Wildman–Crippen LogP) is 3.56. The quantitative estimate of drug-likeness (QED) is 0.903. The van der Waals surface area contributed by atoms with Gasteiger partial charge in [-0.3, -0.25) is 0 Å². The number of methoxy groups -OCH3 is 2. The first-order valence-corrected chi connectivity index (χ1v) is 6.89. The smallest absolute Gasteiger partial charge is 0.161 e. The fraction of sp³-hybridized carbons (Fsp3) is 0.625. The molecule has 1 fully saturated rings. The van der Waals surface area contributed by atoms with Gasteiger partial charge in [-0.05, 0) is 41.9 Å². The molecule has 1 aliphatic carbocycles. The molecule has 0 aromatic heterocycles. The molecule has 0 amide bonds. The lowest BCUT2D eigenvalue weighted by atomic mass is 9.77. The first-order valence-electron chi connectivity index (χ1n) is 6.89. The van der Waals surface area contributed by atoms with Gasteiger partial charge in [0.25, 0.3) is 0 Å². The molecule has 0 saturated heterocycles. The molecule has 2 unspecified atom stereocenters. The van der Waals surface area contributed by atoms with Crippen molar-refractivity contribution >= 4 is 0 Å². The van der Waals surface area contributed by atoms with E-state index in [0.29, 0.717) is 17.4 Å². The van der Waals surface area contributed by atoms with Crippen LogP contribution in [0, 0.1) is 11.3 Å². The van der Waals surface area contributed by atoms with Gasteiger partial charge in [-0.25, -0.2) is 0 Å².